The molecule has 0 saturated carbocycles. The molecule has 60 valence electrons. The monoisotopic (exact) mass is 327 g/mol. The Hall–Kier alpha value is 0.160. The zero-order valence-electron chi connectivity index (χ0n) is 5.97. The van der Waals surface area contributed by atoms with Gasteiger partial charge >= 0.3 is 0 Å². The molecule has 0 aromatic carbocycles. The van der Waals surface area contributed by atoms with E-state index in [1.165, 1.54) is 0 Å². The number of hydrogen-bond donors (Lipinski definition) is 0. The van der Waals surface area contributed by atoms with Crippen LogP contribution in [-0.4, -0.2) is 11.6 Å². The quantitative estimate of drug-likeness (QED) is 0.615. The van der Waals surface area contributed by atoms with Crippen LogP contribution in [-0.2, 0) is 0 Å². The number of ether oxygens (including phenoxy) is 1. The van der Waals surface area contributed by atoms with Crippen molar-refractivity contribution in [2.24, 2.45) is 0 Å². The minimum Gasteiger partial charge on any atom is -0.493 e. The van der Waals surface area contributed by atoms with E-state index in [-0.39, 0.29) is 0 Å². The third-order valence-electron chi connectivity index (χ3n) is 1.09. The van der Waals surface area contributed by atoms with E-state index in [0.29, 0.717) is 6.61 Å². The molecule has 0 bridgehead atoms. The maximum atomic E-state index is 5.33. The Kier molecular flexibility index (Phi) is 3.58. The van der Waals surface area contributed by atoms with Gasteiger partial charge in [0.1, 0.15) is 9.45 Å². The van der Waals surface area contributed by atoms with Gasteiger partial charge in [0.15, 0.2) is 0 Å². The van der Waals surface area contributed by atoms with Crippen molar-refractivity contribution >= 4 is 38.5 Å². The van der Waals surface area contributed by atoms with Gasteiger partial charge in [-0.15, -0.1) is 0 Å². The predicted molar refractivity (Wildman–Crippen MR) is 55.8 cm³/mol. The first-order valence-corrected chi connectivity index (χ1v) is 5.05. The molecule has 1 heterocycles. The number of hydrogen-bond acceptors (Lipinski definition) is 2. The topological polar surface area (TPSA) is 22.1 Å². The first-order valence-electron chi connectivity index (χ1n) is 3.18. The first kappa shape index (κ1) is 9.25. The summed E-state index contributed by atoms with van der Waals surface area (Å²) in [6.45, 7) is 2.64. The minimum atomic E-state index is 0.679. The highest BCUT2D eigenvalue weighted by Crippen LogP contribution is 2.24. The molecule has 0 aliphatic heterocycles. The molecule has 11 heavy (non-hydrogen) atoms. The highest BCUT2D eigenvalue weighted by Gasteiger charge is 2.00. The maximum Gasteiger partial charge on any atom is 0.137 e. The molecule has 0 amide bonds. The molecule has 0 spiro atoms. The second-order valence-corrected chi connectivity index (χ2v) is 3.83. The summed E-state index contributed by atoms with van der Waals surface area (Å²) in [7, 11) is 0. The molecular weight excluding hydrogens is 321 g/mol. The molecule has 1 rings (SSSR count). The lowest BCUT2D eigenvalue weighted by atomic mass is 10.4. The molecule has 0 fully saturated rings. The maximum absolute atomic E-state index is 5.33. The molecule has 2 nitrogen and oxygen atoms in total. The van der Waals surface area contributed by atoms with Crippen LogP contribution in [0.15, 0.2) is 16.7 Å². The first-order chi connectivity index (χ1) is 5.24. The second-order valence-electron chi connectivity index (χ2n) is 1.87. The average Bonchev–Trinajstić information content (AvgIpc) is 1.98. The van der Waals surface area contributed by atoms with Crippen molar-refractivity contribution in [3.05, 3.63) is 20.4 Å². The van der Waals surface area contributed by atoms with E-state index in [9.17, 15) is 0 Å². The van der Waals surface area contributed by atoms with Crippen LogP contribution in [0.5, 0.6) is 5.75 Å². The summed E-state index contributed by atoms with van der Waals surface area (Å²) in [5.74, 6) is 0.854. The Morgan fingerprint density at radius 3 is 3.09 bits per heavy atom. The van der Waals surface area contributed by atoms with E-state index in [4.69, 9.17) is 4.74 Å². The van der Waals surface area contributed by atoms with Gasteiger partial charge in [0.25, 0.3) is 0 Å². The van der Waals surface area contributed by atoms with E-state index in [1.807, 2.05) is 13.0 Å². The molecular formula is C7H7BrINO. The third kappa shape index (κ3) is 2.59. The Balaban J connectivity index is 2.93. The van der Waals surface area contributed by atoms with E-state index in [1.54, 1.807) is 6.20 Å². The third-order valence-corrected chi connectivity index (χ3v) is 2.27. The fourth-order valence-corrected chi connectivity index (χ4v) is 1.42. The molecule has 1 aromatic heterocycles. The second kappa shape index (κ2) is 4.25. The lowest BCUT2D eigenvalue weighted by Crippen LogP contribution is -1.93. The number of rotatable bonds is 2. The number of aromatic nitrogens is 1. The van der Waals surface area contributed by atoms with Gasteiger partial charge in [0.05, 0.1) is 11.1 Å². The highest BCUT2D eigenvalue weighted by molar-refractivity contribution is 14.1. The summed E-state index contributed by atoms with van der Waals surface area (Å²) >= 11 is 5.49. The molecule has 0 aliphatic rings. The van der Waals surface area contributed by atoms with Gasteiger partial charge < -0.3 is 4.74 Å². The fraction of sp³-hybridized carbons (Fsp3) is 0.286. The van der Waals surface area contributed by atoms with Crippen molar-refractivity contribution in [3.8, 4) is 5.75 Å². The largest absolute Gasteiger partial charge is 0.493 e. The lowest BCUT2D eigenvalue weighted by Gasteiger charge is -2.04. The Bertz CT molecular complexity index is 254. The summed E-state index contributed by atoms with van der Waals surface area (Å²) in [6, 6.07) is 1.90. The smallest absolute Gasteiger partial charge is 0.137 e. The van der Waals surface area contributed by atoms with Gasteiger partial charge in [0.2, 0.25) is 0 Å². The van der Waals surface area contributed by atoms with Crippen LogP contribution in [0.4, 0.5) is 0 Å². The van der Waals surface area contributed by atoms with Gasteiger partial charge in [-0.25, -0.2) is 4.98 Å². The van der Waals surface area contributed by atoms with Gasteiger partial charge in [-0.2, -0.15) is 0 Å². The normalized spacial score (nSPS) is 9.73. The van der Waals surface area contributed by atoms with Gasteiger partial charge in [-0.05, 0) is 45.4 Å². The van der Waals surface area contributed by atoms with Crippen LogP contribution < -0.4 is 4.74 Å². The molecule has 0 unspecified atom stereocenters. The molecule has 0 N–H and O–H groups in total. The van der Waals surface area contributed by atoms with Crippen LogP contribution in [0.25, 0.3) is 0 Å². The van der Waals surface area contributed by atoms with Crippen LogP contribution in [0.1, 0.15) is 6.92 Å². The van der Waals surface area contributed by atoms with Crippen LogP contribution in [0.3, 0.4) is 0 Å². The zero-order chi connectivity index (χ0) is 8.27. The van der Waals surface area contributed by atoms with E-state index in [0.717, 1.165) is 13.9 Å². The van der Waals surface area contributed by atoms with Crippen molar-refractivity contribution in [2.45, 2.75) is 6.92 Å². The van der Waals surface area contributed by atoms with Gasteiger partial charge in [-0.1, -0.05) is 0 Å². The van der Waals surface area contributed by atoms with Crippen molar-refractivity contribution in [3.63, 3.8) is 0 Å². The SMILES string of the molecule is CCOc1cc(I)ncc1Br. The molecule has 0 atom stereocenters. The summed E-state index contributed by atoms with van der Waals surface area (Å²) < 4.78 is 7.17. The molecule has 0 radical (unpaired) electrons. The highest BCUT2D eigenvalue weighted by atomic mass is 127. The fourth-order valence-electron chi connectivity index (χ4n) is 0.662. The zero-order valence-corrected chi connectivity index (χ0v) is 9.72. The Morgan fingerprint density at radius 1 is 1.73 bits per heavy atom. The number of halogens is 2. The lowest BCUT2D eigenvalue weighted by molar-refractivity contribution is 0.337. The van der Waals surface area contributed by atoms with Gasteiger partial charge in [-0.3, -0.25) is 0 Å². The van der Waals surface area contributed by atoms with Crippen LogP contribution in [0.2, 0.25) is 0 Å². The Labute approximate surface area is 87.6 Å². The molecule has 0 saturated heterocycles. The van der Waals surface area contributed by atoms with E-state index >= 15 is 0 Å². The van der Waals surface area contributed by atoms with Crippen molar-refractivity contribution in [2.75, 3.05) is 6.61 Å². The average molecular weight is 328 g/mol. The summed E-state index contributed by atoms with van der Waals surface area (Å²) in [6.07, 6.45) is 1.74. The molecule has 0 aliphatic carbocycles. The summed E-state index contributed by atoms with van der Waals surface area (Å²) in [5.41, 5.74) is 0. The minimum absolute atomic E-state index is 0.679. The predicted octanol–water partition coefficient (Wildman–Crippen LogP) is 2.85. The standard InChI is InChI=1S/C7H7BrINO/c1-2-11-6-3-7(9)10-4-5(6)8/h3-4H,2H2,1H3. The van der Waals surface area contributed by atoms with Crippen molar-refractivity contribution in [1.82, 2.24) is 4.98 Å². The number of pyridine rings is 1. The van der Waals surface area contributed by atoms with Crippen molar-refractivity contribution in [1.29, 1.82) is 0 Å². The van der Waals surface area contributed by atoms with Gasteiger partial charge in [0, 0.05) is 12.3 Å². The Morgan fingerprint density at radius 2 is 2.45 bits per heavy atom. The number of nitrogens with zero attached hydrogens (tertiary/aromatic N) is 1. The molecule has 1 aromatic rings. The summed E-state index contributed by atoms with van der Waals surface area (Å²) in [4.78, 5) is 4.08. The van der Waals surface area contributed by atoms with Crippen molar-refractivity contribution < 1.29 is 4.74 Å². The van der Waals surface area contributed by atoms with Crippen LogP contribution in [0, 0.1) is 3.70 Å². The molecule has 4 heteroatoms. The van der Waals surface area contributed by atoms with E-state index in [2.05, 4.69) is 43.5 Å². The van der Waals surface area contributed by atoms with Crippen LogP contribution >= 0.6 is 38.5 Å². The van der Waals surface area contributed by atoms with E-state index < -0.39 is 0 Å². The summed E-state index contributed by atoms with van der Waals surface area (Å²) in [5, 5.41) is 0.